The zero-order valence-electron chi connectivity index (χ0n) is 13.1. The first-order valence-corrected chi connectivity index (χ1v) is 7.97. The van der Waals surface area contributed by atoms with Gasteiger partial charge in [-0.05, 0) is 36.8 Å². The van der Waals surface area contributed by atoms with E-state index >= 15 is 0 Å². The van der Waals surface area contributed by atoms with Crippen molar-refractivity contribution >= 4 is 22.8 Å². The number of hydrogen-bond donors (Lipinski definition) is 1. The number of pyridine rings is 1. The largest absolute Gasteiger partial charge is 0.354 e. The average molecular weight is 319 g/mol. The van der Waals surface area contributed by atoms with Crippen LogP contribution in [0.2, 0.25) is 0 Å². The smallest absolute Gasteiger partial charge is 0.251 e. The zero-order chi connectivity index (χ0) is 16.4. The van der Waals surface area contributed by atoms with E-state index in [0.29, 0.717) is 5.56 Å². The monoisotopic (exact) mass is 319 g/mol. The first-order valence-electron chi connectivity index (χ1n) is 7.97. The molecule has 0 spiro atoms. The summed E-state index contributed by atoms with van der Waals surface area (Å²) < 4.78 is 0. The van der Waals surface area contributed by atoms with E-state index in [9.17, 15) is 4.79 Å². The molecular formula is C18H17N5O. The Morgan fingerprint density at radius 2 is 1.92 bits per heavy atom. The van der Waals surface area contributed by atoms with Crippen molar-refractivity contribution in [3.63, 3.8) is 0 Å². The van der Waals surface area contributed by atoms with Gasteiger partial charge < -0.3 is 10.2 Å². The Hall–Kier alpha value is -3.02. The Labute approximate surface area is 139 Å². The molecule has 1 N–H and O–H groups in total. The molecule has 1 fully saturated rings. The molecule has 6 nitrogen and oxygen atoms in total. The molecule has 4 rings (SSSR count). The van der Waals surface area contributed by atoms with Crippen LogP contribution < -0.4 is 10.2 Å². The lowest BCUT2D eigenvalue weighted by Gasteiger charge is -2.17. The molecule has 0 saturated carbocycles. The van der Waals surface area contributed by atoms with E-state index in [0.717, 1.165) is 36.4 Å². The number of nitrogens with zero attached hydrogens (tertiary/aromatic N) is 4. The van der Waals surface area contributed by atoms with Gasteiger partial charge in [-0.15, -0.1) is 0 Å². The van der Waals surface area contributed by atoms with Gasteiger partial charge >= 0.3 is 0 Å². The van der Waals surface area contributed by atoms with Gasteiger partial charge in [0.1, 0.15) is 5.82 Å². The number of aromatic nitrogens is 3. The average Bonchev–Trinajstić information content (AvgIpc) is 3.10. The number of carbonyl (C=O) groups excluding carboxylic acids is 1. The first-order chi connectivity index (χ1) is 11.8. The number of fused-ring (bicyclic) bond motifs is 1. The summed E-state index contributed by atoms with van der Waals surface area (Å²) in [5.41, 5.74) is 2.13. The van der Waals surface area contributed by atoms with E-state index in [1.807, 2.05) is 24.3 Å². The molecule has 120 valence electrons. The molecule has 1 amide bonds. The van der Waals surface area contributed by atoms with Crippen molar-refractivity contribution in [3.8, 4) is 0 Å². The highest BCUT2D eigenvalue weighted by Gasteiger charge is 2.25. The maximum Gasteiger partial charge on any atom is 0.251 e. The van der Waals surface area contributed by atoms with E-state index in [4.69, 9.17) is 0 Å². The fraction of sp³-hybridized carbons (Fsp3) is 0.222. The highest BCUT2D eigenvalue weighted by Crippen LogP contribution is 2.18. The molecule has 3 aromatic rings. The number of amides is 1. The summed E-state index contributed by atoms with van der Waals surface area (Å²) >= 11 is 0. The van der Waals surface area contributed by atoms with Crippen molar-refractivity contribution < 1.29 is 4.79 Å². The molecule has 0 radical (unpaired) electrons. The van der Waals surface area contributed by atoms with Gasteiger partial charge in [-0.1, -0.05) is 6.07 Å². The second kappa shape index (κ2) is 6.23. The molecule has 2 aromatic heterocycles. The predicted molar refractivity (Wildman–Crippen MR) is 91.9 cm³/mol. The summed E-state index contributed by atoms with van der Waals surface area (Å²) in [7, 11) is 0. The minimum Gasteiger partial charge on any atom is -0.354 e. The molecule has 1 aliphatic rings. The number of nitrogens with one attached hydrogen (secondary N) is 1. The van der Waals surface area contributed by atoms with Crippen LogP contribution in [0.15, 0.2) is 55.0 Å². The standard InChI is InChI=1S/C18H17N5O/c24-18(13-4-5-15-16(11-13)20-9-8-19-15)22-14-6-10-23(12-14)17-3-1-2-7-21-17/h1-5,7-9,11,14H,6,10,12H2,(H,22,24)/t14-/m0/s1. The van der Waals surface area contributed by atoms with Gasteiger partial charge in [0.25, 0.3) is 5.91 Å². The van der Waals surface area contributed by atoms with Crippen LogP contribution in [0.1, 0.15) is 16.8 Å². The molecule has 0 unspecified atom stereocenters. The summed E-state index contributed by atoms with van der Waals surface area (Å²) in [6.07, 6.45) is 5.98. The maximum atomic E-state index is 12.5. The third-order valence-corrected chi connectivity index (χ3v) is 4.23. The van der Waals surface area contributed by atoms with Crippen molar-refractivity contribution in [1.29, 1.82) is 0 Å². The van der Waals surface area contributed by atoms with Gasteiger partial charge in [0.2, 0.25) is 0 Å². The van der Waals surface area contributed by atoms with Gasteiger partial charge in [0.05, 0.1) is 11.0 Å². The first kappa shape index (κ1) is 14.6. The van der Waals surface area contributed by atoms with Crippen molar-refractivity contribution in [2.45, 2.75) is 12.5 Å². The van der Waals surface area contributed by atoms with E-state index in [1.54, 1.807) is 30.7 Å². The minimum absolute atomic E-state index is 0.0737. The van der Waals surface area contributed by atoms with E-state index in [2.05, 4.69) is 25.2 Å². The number of anilines is 1. The second-order valence-electron chi connectivity index (χ2n) is 5.85. The van der Waals surface area contributed by atoms with Crippen LogP contribution in [0.4, 0.5) is 5.82 Å². The molecule has 24 heavy (non-hydrogen) atoms. The lowest BCUT2D eigenvalue weighted by atomic mass is 10.1. The van der Waals surface area contributed by atoms with Crippen LogP contribution in [-0.4, -0.2) is 40.0 Å². The topological polar surface area (TPSA) is 71.0 Å². The van der Waals surface area contributed by atoms with Gasteiger partial charge in [-0.3, -0.25) is 14.8 Å². The highest BCUT2D eigenvalue weighted by molar-refractivity contribution is 5.97. The van der Waals surface area contributed by atoms with Gasteiger partial charge in [0, 0.05) is 43.3 Å². The Kier molecular flexibility index (Phi) is 3.78. The van der Waals surface area contributed by atoms with E-state index < -0.39 is 0 Å². The number of carbonyl (C=O) groups is 1. The molecule has 0 aliphatic carbocycles. The van der Waals surface area contributed by atoms with Crippen LogP contribution in [0.5, 0.6) is 0 Å². The number of rotatable bonds is 3. The fourth-order valence-corrected chi connectivity index (χ4v) is 3.00. The molecule has 1 aliphatic heterocycles. The van der Waals surface area contributed by atoms with Gasteiger partial charge in [-0.2, -0.15) is 0 Å². The van der Waals surface area contributed by atoms with Crippen molar-refractivity contribution in [3.05, 3.63) is 60.6 Å². The van der Waals surface area contributed by atoms with Crippen LogP contribution in [0, 0.1) is 0 Å². The van der Waals surface area contributed by atoms with Gasteiger partial charge in [0.15, 0.2) is 0 Å². The van der Waals surface area contributed by atoms with E-state index in [1.165, 1.54) is 0 Å². The minimum atomic E-state index is -0.0737. The number of hydrogen-bond acceptors (Lipinski definition) is 5. The predicted octanol–water partition coefficient (Wildman–Crippen LogP) is 2.03. The second-order valence-corrected chi connectivity index (χ2v) is 5.85. The summed E-state index contributed by atoms with van der Waals surface area (Å²) in [6, 6.07) is 11.4. The highest BCUT2D eigenvalue weighted by atomic mass is 16.1. The quantitative estimate of drug-likeness (QED) is 0.800. The molecule has 6 heteroatoms. The molecule has 1 aromatic carbocycles. The number of benzene rings is 1. The van der Waals surface area contributed by atoms with Crippen LogP contribution in [0.25, 0.3) is 11.0 Å². The van der Waals surface area contributed by atoms with Crippen molar-refractivity contribution in [2.75, 3.05) is 18.0 Å². The van der Waals surface area contributed by atoms with Crippen LogP contribution in [0.3, 0.4) is 0 Å². The SMILES string of the molecule is O=C(N[C@H]1CCN(c2ccccn2)C1)c1ccc2nccnc2c1. The zero-order valence-corrected chi connectivity index (χ0v) is 13.1. The van der Waals surface area contributed by atoms with Crippen molar-refractivity contribution in [1.82, 2.24) is 20.3 Å². The summed E-state index contributed by atoms with van der Waals surface area (Å²) in [5.74, 6) is 0.880. The van der Waals surface area contributed by atoms with Crippen molar-refractivity contribution in [2.24, 2.45) is 0 Å². The van der Waals surface area contributed by atoms with Gasteiger partial charge in [-0.25, -0.2) is 4.98 Å². The Bertz CT molecular complexity index is 867. The van der Waals surface area contributed by atoms with Crippen LogP contribution >= 0.6 is 0 Å². The third kappa shape index (κ3) is 2.90. The fourth-order valence-electron chi connectivity index (χ4n) is 3.00. The molecule has 1 atom stereocenters. The molecular weight excluding hydrogens is 302 g/mol. The molecule has 3 heterocycles. The van der Waals surface area contributed by atoms with E-state index in [-0.39, 0.29) is 11.9 Å². The van der Waals surface area contributed by atoms with Crippen LogP contribution in [-0.2, 0) is 0 Å². The normalized spacial score (nSPS) is 17.2. The Morgan fingerprint density at radius 3 is 2.75 bits per heavy atom. The maximum absolute atomic E-state index is 12.5. The summed E-state index contributed by atoms with van der Waals surface area (Å²) in [4.78, 5) is 27.5. The molecule has 0 bridgehead atoms. The summed E-state index contributed by atoms with van der Waals surface area (Å²) in [6.45, 7) is 1.67. The lowest BCUT2D eigenvalue weighted by Crippen LogP contribution is -2.37. The summed E-state index contributed by atoms with van der Waals surface area (Å²) in [5, 5.41) is 3.10. The Balaban J connectivity index is 1.44. The third-order valence-electron chi connectivity index (χ3n) is 4.23. The lowest BCUT2D eigenvalue weighted by molar-refractivity contribution is 0.0940. The molecule has 1 saturated heterocycles. The Morgan fingerprint density at radius 1 is 1.04 bits per heavy atom.